The smallest absolute Gasteiger partial charge is 0.315 e. The van der Waals surface area contributed by atoms with Crippen LogP contribution in [0.4, 0.5) is 9.18 Å². The van der Waals surface area contributed by atoms with Gasteiger partial charge in [-0.05, 0) is 25.3 Å². The van der Waals surface area contributed by atoms with E-state index in [1.54, 1.807) is 0 Å². The summed E-state index contributed by atoms with van der Waals surface area (Å²) in [5.41, 5.74) is 5.99. The summed E-state index contributed by atoms with van der Waals surface area (Å²) in [7, 11) is 0. The van der Waals surface area contributed by atoms with Crippen molar-refractivity contribution in [3.05, 3.63) is 35.1 Å². The Morgan fingerprint density at radius 2 is 2.25 bits per heavy atom. The number of benzene rings is 1. The van der Waals surface area contributed by atoms with E-state index < -0.39 is 5.82 Å². The second kappa shape index (κ2) is 6.23. The van der Waals surface area contributed by atoms with Gasteiger partial charge in [-0.25, -0.2) is 9.18 Å². The molecule has 0 spiro atoms. The molecular weight excluding hydrogens is 263 g/mol. The molecule has 0 bridgehead atoms. The normalized spacial score (nSPS) is 15.6. The lowest BCUT2D eigenvalue weighted by atomic mass is 9.93. The summed E-state index contributed by atoms with van der Waals surface area (Å²) in [5, 5.41) is 16.7. The van der Waals surface area contributed by atoms with Crippen LogP contribution in [0.15, 0.2) is 23.4 Å². The number of amidine groups is 1. The minimum absolute atomic E-state index is 0.0842. The Bertz CT molecular complexity index is 529. The maximum absolute atomic E-state index is 13.8. The van der Waals surface area contributed by atoms with Gasteiger partial charge in [0.15, 0.2) is 5.84 Å². The van der Waals surface area contributed by atoms with Gasteiger partial charge in [0.05, 0.1) is 0 Å². The molecule has 2 amide bonds. The van der Waals surface area contributed by atoms with E-state index in [9.17, 15) is 9.18 Å². The maximum atomic E-state index is 13.8. The summed E-state index contributed by atoms with van der Waals surface area (Å²) in [6.45, 7) is 0.0842. The Labute approximate surface area is 115 Å². The number of hydrogen-bond donors (Lipinski definition) is 4. The number of oxime groups is 1. The second-order valence-corrected chi connectivity index (χ2v) is 4.75. The first-order valence-electron chi connectivity index (χ1n) is 6.41. The van der Waals surface area contributed by atoms with E-state index in [1.807, 2.05) is 0 Å². The molecule has 1 fully saturated rings. The molecular formula is C13H17FN4O2. The topological polar surface area (TPSA) is 99.7 Å². The second-order valence-electron chi connectivity index (χ2n) is 4.75. The van der Waals surface area contributed by atoms with E-state index in [0.29, 0.717) is 5.56 Å². The highest BCUT2D eigenvalue weighted by atomic mass is 19.1. The van der Waals surface area contributed by atoms with Gasteiger partial charge >= 0.3 is 6.03 Å². The summed E-state index contributed by atoms with van der Waals surface area (Å²) in [6.07, 6.45) is 3.13. The fraction of sp³-hybridized carbons (Fsp3) is 0.385. The number of nitrogens with two attached hydrogens (primary N) is 1. The lowest BCUT2D eigenvalue weighted by Gasteiger charge is -2.26. The van der Waals surface area contributed by atoms with Crippen LogP contribution in [0.1, 0.15) is 30.4 Å². The van der Waals surface area contributed by atoms with Gasteiger partial charge in [-0.2, -0.15) is 0 Å². The van der Waals surface area contributed by atoms with Gasteiger partial charge in [-0.1, -0.05) is 17.3 Å². The van der Waals surface area contributed by atoms with Crippen LogP contribution in [0.2, 0.25) is 0 Å². The Morgan fingerprint density at radius 1 is 1.50 bits per heavy atom. The molecule has 0 unspecified atom stereocenters. The molecule has 1 saturated carbocycles. The van der Waals surface area contributed by atoms with Crippen LogP contribution in [0.25, 0.3) is 0 Å². The molecule has 0 aliphatic heterocycles. The van der Waals surface area contributed by atoms with Crippen LogP contribution < -0.4 is 16.4 Å². The van der Waals surface area contributed by atoms with Crippen LogP contribution in [0.5, 0.6) is 0 Å². The van der Waals surface area contributed by atoms with Crippen molar-refractivity contribution < 1.29 is 14.4 Å². The third-order valence-corrected chi connectivity index (χ3v) is 3.34. The molecule has 108 valence electrons. The zero-order valence-electron chi connectivity index (χ0n) is 10.9. The van der Waals surface area contributed by atoms with Gasteiger partial charge in [0.1, 0.15) is 5.82 Å². The molecule has 6 nitrogen and oxygen atoms in total. The number of amides is 2. The molecule has 0 saturated heterocycles. The third-order valence-electron chi connectivity index (χ3n) is 3.34. The summed E-state index contributed by atoms with van der Waals surface area (Å²) in [6, 6.07) is 4.12. The predicted octanol–water partition coefficient (Wildman–Crippen LogP) is 1.27. The van der Waals surface area contributed by atoms with Crippen molar-refractivity contribution in [2.45, 2.75) is 31.8 Å². The zero-order valence-corrected chi connectivity index (χ0v) is 10.9. The molecule has 0 heterocycles. The van der Waals surface area contributed by atoms with E-state index in [-0.39, 0.29) is 30.0 Å². The SMILES string of the molecule is N/C(=N/O)c1ccc(CNC(=O)NC2CCC2)c(F)c1. The molecule has 1 aromatic carbocycles. The van der Waals surface area contributed by atoms with Crippen LogP contribution >= 0.6 is 0 Å². The van der Waals surface area contributed by atoms with Crippen molar-refractivity contribution in [2.75, 3.05) is 0 Å². The van der Waals surface area contributed by atoms with Crippen LogP contribution in [0.3, 0.4) is 0 Å². The fourth-order valence-electron chi connectivity index (χ4n) is 1.87. The van der Waals surface area contributed by atoms with Crippen molar-refractivity contribution >= 4 is 11.9 Å². The van der Waals surface area contributed by atoms with Crippen LogP contribution in [-0.2, 0) is 6.54 Å². The van der Waals surface area contributed by atoms with Crippen molar-refractivity contribution in [2.24, 2.45) is 10.9 Å². The van der Waals surface area contributed by atoms with E-state index in [2.05, 4.69) is 15.8 Å². The standard InChI is InChI=1S/C13H17FN4O2/c14-11-6-8(12(15)18-20)4-5-9(11)7-16-13(19)17-10-2-1-3-10/h4-6,10,20H,1-3,7H2,(H2,15,18)(H2,16,17,19). The first-order valence-corrected chi connectivity index (χ1v) is 6.41. The Balaban J connectivity index is 1.90. The number of hydrogen-bond acceptors (Lipinski definition) is 3. The molecule has 1 aromatic rings. The molecule has 7 heteroatoms. The Hall–Kier alpha value is -2.31. The highest BCUT2D eigenvalue weighted by molar-refractivity contribution is 5.97. The van der Waals surface area contributed by atoms with E-state index in [0.717, 1.165) is 25.3 Å². The molecule has 0 atom stereocenters. The van der Waals surface area contributed by atoms with Gasteiger partial charge in [0.25, 0.3) is 0 Å². The van der Waals surface area contributed by atoms with Gasteiger partial charge in [0, 0.05) is 23.7 Å². The minimum Gasteiger partial charge on any atom is -0.409 e. The molecule has 20 heavy (non-hydrogen) atoms. The van der Waals surface area contributed by atoms with E-state index in [1.165, 1.54) is 12.1 Å². The minimum atomic E-state index is -0.516. The lowest BCUT2D eigenvalue weighted by molar-refractivity contribution is 0.228. The average molecular weight is 280 g/mol. The predicted molar refractivity (Wildman–Crippen MR) is 71.9 cm³/mol. The number of nitrogens with one attached hydrogen (secondary N) is 2. The van der Waals surface area contributed by atoms with Crippen molar-refractivity contribution in [1.29, 1.82) is 0 Å². The van der Waals surface area contributed by atoms with Crippen molar-refractivity contribution in [3.63, 3.8) is 0 Å². The largest absolute Gasteiger partial charge is 0.409 e. The zero-order chi connectivity index (χ0) is 14.5. The van der Waals surface area contributed by atoms with Gasteiger partial charge < -0.3 is 21.6 Å². The summed E-state index contributed by atoms with van der Waals surface area (Å²) >= 11 is 0. The monoisotopic (exact) mass is 280 g/mol. The summed E-state index contributed by atoms with van der Waals surface area (Å²) in [5.74, 6) is -0.677. The number of nitrogens with zero attached hydrogens (tertiary/aromatic N) is 1. The quantitative estimate of drug-likeness (QED) is 0.289. The highest BCUT2D eigenvalue weighted by Gasteiger charge is 2.19. The number of carbonyl (C=O) groups is 1. The number of rotatable bonds is 4. The van der Waals surface area contributed by atoms with Crippen LogP contribution in [0, 0.1) is 5.82 Å². The molecule has 2 rings (SSSR count). The number of urea groups is 1. The lowest BCUT2D eigenvalue weighted by Crippen LogP contribution is -2.44. The van der Waals surface area contributed by atoms with Crippen molar-refractivity contribution in [3.8, 4) is 0 Å². The van der Waals surface area contributed by atoms with Gasteiger partial charge in [-0.15, -0.1) is 0 Å². The molecule has 1 aliphatic rings. The highest BCUT2D eigenvalue weighted by Crippen LogP contribution is 2.17. The van der Waals surface area contributed by atoms with E-state index >= 15 is 0 Å². The Morgan fingerprint density at radius 3 is 2.80 bits per heavy atom. The summed E-state index contributed by atoms with van der Waals surface area (Å²) < 4.78 is 13.8. The maximum Gasteiger partial charge on any atom is 0.315 e. The number of carbonyl (C=O) groups excluding carboxylic acids is 1. The van der Waals surface area contributed by atoms with Gasteiger partial charge in [0.2, 0.25) is 0 Å². The molecule has 0 aromatic heterocycles. The van der Waals surface area contributed by atoms with Gasteiger partial charge in [-0.3, -0.25) is 0 Å². The number of halogens is 1. The molecule has 1 aliphatic carbocycles. The average Bonchev–Trinajstić information content (AvgIpc) is 2.40. The molecule has 0 radical (unpaired) electrons. The van der Waals surface area contributed by atoms with E-state index in [4.69, 9.17) is 10.9 Å². The first kappa shape index (κ1) is 14.1. The Kier molecular flexibility index (Phi) is 4.39. The third kappa shape index (κ3) is 3.37. The van der Waals surface area contributed by atoms with Crippen LogP contribution in [-0.4, -0.2) is 23.1 Å². The fourth-order valence-corrected chi connectivity index (χ4v) is 1.87. The van der Waals surface area contributed by atoms with Crippen molar-refractivity contribution in [1.82, 2.24) is 10.6 Å². The first-order chi connectivity index (χ1) is 9.60. The molecule has 5 N–H and O–H groups in total. The summed E-state index contributed by atoms with van der Waals surface area (Å²) in [4.78, 5) is 11.5.